The first kappa shape index (κ1) is 21.4. The molecule has 2 aromatic rings. The molecular formula is C18H28N6O4S. The SMILES string of the molecule is CC(C(=O)Nc1n[nH]c(-c2cc(C(C)(C)C)nn2C)n1)S(=O)(=O)C1CCOCC1. The van der Waals surface area contributed by atoms with Crippen molar-refractivity contribution in [3.8, 4) is 11.5 Å². The molecule has 1 aliphatic heterocycles. The van der Waals surface area contributed by atoms with E-state index in [1.54, 1.807) is 11.7 Å². The van der Waals surface area contributed by atoms with Crippen LogP contribution < -0.4 is 5.32 Å². The minimum Gasteiger partial charge on any atom is -0.381 e. The Labute approximate surface area is 170 Å². The largest absolute Gasteiger partial charge is 0.381 e. The summed E-state index contributed by atoms with van der Waals surface area (Å²) in [6.45, 7) is 8.36. The van der Waals surface area contributed by atoms with Gasteiger partial charge in [-0.15, -0.1) is 5.10 Å². The molecule has 1 aliphatic rings. The number of aromatic nitrogens is 5. The van der Waals surface area contributed by atoms with Gasteiger partial charge < -0.3 is 4.74 Å². The highest BCUT2D eigenvalue weighted by Crippen LogP contribution is 2.26. The summed E-state index contributed by atoms with van der Waals surface area (Å²) in [6.07, 6.45) is 0.808. The van der Waals surface area contributed by atoms with Crippen LogP contribution >= 0.6 is 0 Å². The van der Waals surface area contributed by atoms with Gasteiger partial charge in [-0.2, -0.15) is 10.1 Å². The molecule has 1 atom stereocenters. The van der Waals surface area contributed by atoms with E-state index < -0.39 is 26.2 Å². The molecule has 3 rings (SSSR count). The smallest absolute Gasteiger partial charge is 0.249 e. The van der Waals surface area contributed by atoms with Gasteiger partial charge in [0, 0.05) is 25.7 Å². The minimum atomic E-state index is -3.62. The normalized spacial score (nSPS) is 17.3. The molecule has 1 fully saturated rings. The molecule has 1 saturated heterocycles. The van der Waals surface area contributed by atoms with Crippen LogP contribution in [0.1, 0.15) is 46.2 Å². The van der Waals surface area contributed by atoms with E-state index in [0.717, 1.165) is 5.69 Å². The number of hydrogen-bond acceptors (Lipinski definition) is 7. The summed E-state index contributed by atoms with van der Waals surface area (Å²) < 4.78 is 32.3. The van der Waals surface area contributed by atoms with Gasteiger partial charge in [-0.05, 0) is 25.8 Å². The van der Waals surface area contributed by atoms with Gasteiger partial charge in [-0.1, -0.05) is 20.8 Å². The zero-order valence-corrected chi connectivity index (χ0v) is 18.2. The average Bonchev–Trinajstić information content (AvgIpc) is 3.27. The maximum Gasteiger partial charge on any atom is 0.249 e. The van der Waals surface area contributed by atoms with Crippen LogP contribution in [0.4, 0.5) is 5.95 Å². The van der Waals surface area contributed by atoms with Crippen molar-refractivity contribution in [2.45, 2.75) is 56.5 Å². The fraction of sp³-hybridized carbons (Fsp3) is 0.667. The summed E-state index contributed by atoms with van der Waals surface area (Å²) in [5.74, 6) is -0.189. The number of ether oxygens (including phenoxy) is 1. The molecule has 0 saturated carbocycles. The van der Waals surface area contributed by atoms with E-state index in [2.05, 4.69) is 46.4 Å². The summed E-state index contributed by atoms with van der Waals surface area (Å²) in [4.78, 5) is 16.8. The van der Waals surface area contributed by atoms with Crippen molar-refractivity contribution in [2.75, 3.05) is 18.5 Å². The molecule has 2 aromatic heterocycles. The molecule has 10 nitrogen and oxygen atoms in total. The van der Waals surface area contributed by atoms with Crippen LogP contribution in [0.3, 0.4) is 0 Å². The third-order valence-corrected chi connectivity index (χ3v) is 7.71. The maximum atomic E-state index is 12.7. The average molecular weight is 425 g/mol. The van der Waals surface area contributed by atoms with Crippen molar-refractivity contribution in [3.05, 3.63) is 11.8 Å². The molecule has 3 heterocycles. The van der Waals surface area contributed by atoms with E-state index in [9.17, 15) is 13.2 Å². The zero-order valence-electron chi connectivity index (χ0n) is 17.4. The monoisotopic (exact) mass is 424 g/mol. The molecule has 2 N–H and O–H groups in total. The number of carbonyl (C=O) groups excluding carboxylic acids is 1. The molecule has 0 spiro atoms. The topological polar surface area (TPSA) is 132 Å². The highest BCUT2D eigenvalue weighted by atomic mass is 32.2. The fourth-order valence-corrected chi connectivity index (χ4v) is 4.93. The molecule has 29 heavy (non-hydrogen) atoms. The molecule has 0 radical (unpaired) electrons. The van der Waals surface area contributed by atoms with Crippen LogP contribution in [0, 0.1) is 0 Å². The number of amides is 1. The van der Waals surface area contributed by atoms with Gasteiger partial charge in [0.05, 0.1) is 10.9 Å². The van der Waals surface area contributed by atoms with Crippen LogP contribution in [0.2, 0.25) is 0 Å². The first-order valence-electron chi connectivity index (χ1n) is 9.58. The maximum absolute atomic E-state index is 12.7. The summed E-state index contributed by atoms with van der Waals surface area (Å²) in [5, 5.41) is 12.0. The summed E-state index contributed by atoms with van der Waals surface area (Å²) in [5.41, 5.74) is 1.49. The van der Waals surface area contributed by atoms with Gasteiger partial charge in [0.15, 0.2) is 15.7 Å². The van der Waals surface area contributed by atoms with E-state index in [4.69, 9.17) is 4.74 Å². The predicted octanol–water partition coefficient (Wildman–Crippen LogP) is 1.42. The molecule has 0 aromatic carbocycles. The second-order valence-corrected chi connectivity index (χ2v) is 10.9. The van der Waals surface area contributed by atoms with Crippen LogP contribution in [-0.4, -0.2) is 63.0 Å². The van der Waals surface area contributed by atoms with Gasteiger partial charge in [-0.3, -0.25) is 19.9 Å². The van der Waals surface area contributed by atoms with Crippen LogP contribution in [0.15, 0.2) is 6.07 Å². The first-order valence-corrected chi connectivity index (χ1v) is 11.2. The van der Waals surface area contributed by atoms with Gasteiger partial charge in [0.2, 0.25) is 11.9 Å². The lowest BCUT2D eigenvalue weighted by molar-refractivity contribution is -0.115. The van der Waals surface area contributed by atoms with Crippen molar-refractivity contribution in [2.24, 2.45) is 7.05 Å². The standard InChI is InChI=1S/C18H28N6O4S/c1-11(29(26,27)12-6-8-28-9-7-12)16(25)20-17-19-15(21-22-17)13-10-14(18(2,3)4)23-24(13)5/h10-12H,6-9H2,1-5H3,(H2,19,20,21,22,25). The Morgan fingerprint density at radius 1 is 1.34 bits per heavy atom. The first-order chi connectivity index (χ1) is 13.5. The molecule has 1 amide bonds. The lowest BCUT2D eigenvalue weighted by atomic mass is 9.92. The number of H-pyrrole nitrogens is 1. The lowest BCUT2D eigenvalue weighted by Crippen LogP contribution is -2.41. The third kappa shape index (κ3) is 4.50. The van der Waals surface area contributed by atoms with Crippen molar-refractivity contribution in [1.82, 2.24) is 25.0 Å². The molecule has 0 aliphatic carbocycles. The van der Waals surface area contributed by atoms with Crippen molar-refractivity contribution < 1.29 is 17.9 Å². The summed E-state index contributed by atoms with van der Waals surface area (Å²) in [7, 11) is -1.82. The van der Waals surface area contributed by atoms with E-state index in [1.165, 1.54) is 6.92 Å². The lowest BCUT2D eigenvalue weighted by Gasteiger charge is -2.24. The van der Waals surface area contributed by atoms with Crippen LogP contribution in [-0.2, 0) is 31.8 Å². The van der Waals surface area contributed by atoms with Gasteiger partial charge in [0.25, 0.3) is 0 Å². The van der Waals surface area contributed by atoms with Crippen molar-refractivity contribution in [3.63, 3.8) is 0 Å². The highest BCUT2D eigenvalue weighted by Gasteiger charge is 2.37. The second kappa shape index (κ2) is 7.86. The van der Waals surface area contributed by atoms with Gasteiger partial charge in [0.1, 0.15) is 10.9 Å². The number of hydrogen-bond donors (Lipinski definition) is 2. The molecule has 0 bridgehead atoms. The van der Waals surface area contributed by atoms with E-state index in [0.29, 0.717) is 37.6 Å². The molecule has 11 heteroatoms. The quantitative estimate of drug-likeness (QED) is 0.742. The summed E-state index contributed by atoms with van der Waals surface area (Å²) >= 11 is 0. The zero-order chi connectivity index (χ0) is 21.4. The number of anilines is 1. The Kier molecular flexibility index (Phi) is 5.81. The molecule has 160 valence electrons. The number of sulfone groups is 1. The Bertz CT molecular complexity index is 982. The van der Waals surface area contributed by atoms with Crippen molar-refractivity contribution in [1.29, 1.82) is 0 Å². The highest BCUT2D eigenvalue weighted by molar-refractivity contribution is 7.93. The Morgan fingerprint density at radius 3 is 2.59 bits per heavy atom. The summed E-state index contributed by atoms with van der Waals surface area (Å²) in [6, 6.07) is 1.91. The minimum absolute atomic E-state index is 0.0255. The van der Waals surface area contributed by atoms with Crippen molar-refractivity contribution >= 4 is 21.7 Å². The molecular weight excluding hydrogens is 396 g/mol. The van der Waals surface area contributed by atoms with E-state index >= 15 is 0 Å². The predicted molar refractivity (Wildman–Crippen MR) is 108 cm³/mol. The fourth-order valence-electron chi connectivity index (χ4n) is 3.14. The number of carbonyl (C=O) groups is 1. The third-order valence-electron chi connectivity index (χ3n) is 5.11. The Morgan fingerprint density at radius 2 is 2.00 bits per heavy atom. The number of aryl methyl sites for hydroxylation is 1. The van der Waals surface area contributed by atoms with E-state index in [1.807, 2.05) is 6.07 Å². The van der Waals surface area contributed by atoms with Crippen LogP contribution in [0.25, 0.3) is 11.5 Å². The Balaban J connectivity index is 1.73. The number of nitrogens with one attached hydrogen (secondary N) is 2. The van der Waals surface area contributed by atoms with Gasteiger partial charge in [-0.25, -0.2) is 8.42 Å². The van der Waals surface area contributed by atoms with E-state index in [-0.39, 0.29) is 11.4 Å². The van der Waals surface area contributed by atoms with Gasteiger partial charge >= 0.3 is 0 Å². The Hall–Kier alpha value is -2.27. The second-order valence-electron chi connectivity index (χ2n) is 8.33. The number of nitrogens with zero attached hydrogens (tertiary/aromatic N) is 4. The molecule has 1 unspecified atom stereocenters. The van der Waals surface area contributed by atoms with Crippen LogP contribution in [0.5, 0.6) is 0 Å². The number of rotatable bonds is 5. The number of aromatic amines is 1.